The molecule has 0 spiro atoms. The molecular formula is C25H22FN9. The summed E-state index contributed by atoms with van der Waals surface area (Å²) in [5.74, 6) is 0.790. The third kappa shape index (κ3) is 3.73. The smallest absolute Gasteiger partial charge is 0.166 e. The number of halogens is 1. The van der Waals surface area contributed by atoms with Gasteiger partial charge in [0.1, 0.15) is 23.1 Å². The third-order valence-corrected chi connectivity index (χ3v) is 5.89. The standard InChI is InChI=1S/C25H22FN9/c1-3-27-9-15-6-17(11-28-10-15)16-7-18-21(19(26)8-16)33-34-22(18)24-31-20-4-5-29-25(23(20)32-24)35-12-14(2)30-13-35/h4-8,10-13,27H,3,9H2,1-2H3,(H,31,32)(H,33,34). The monoisotopic (exact) mass is 467 g/mol. The van der Waals surface area contributed by atoms with Crippen LogP contribution in [0.15, 0.2) is 55.4 Å². The zero-order valence-corrected chi connectivity index (χ0v) is 19.2. The van der Waals surface area contributed by atoms with Crippen molar-refractivity contribution < 1.29 is 4.39 Å². The van der Waals surface area contributed by atoms with Gasteiger partial charge in [0, 0.05) is 42.3 Å². The van der Waals surface area contributed by atoms with Crippen LogP contribution in [0.4, 0.5) is 4.39 Å². The van der Waals surface area contributed by atoms with Gasteiger partial charge in [-0.15, -0.1) is 0 Å². The number of fused-ring (bicyclic) bond motifs is 2. The number of nitrogens with zero attached hydrogens (tertiary/aromatic N) is 6. The highest BCUT2D eigenvalue weighted by molar-refractivity contribution is 5.96. The first-order chi connectivity index (χ1) is 17.1. The lowest BCUT2D eigenvalue weighted by molar-refractivity contribution is 0.636. The highest BCUT2D eigenvalue weighted by Crippen LogP contribution is 2.32. The van der Waals surface area contributed by atoms with E-state index >= 15 is 4.39 Å². The molecule has 0 fully saturated rings. The summed E-state index contributed by atoms with van der Waals surface area (Å²) in [4.78, 5) is 21.2. The molecule has 0 bridgehead atoms. The van der Waals surface area contributed by atoms with Gasteiger partial charge in [0.05, 0.1) is 11.2 Å². The fourth-order valence-corrected chi connectivity index (χ4v) is 4.20. The number of imidazole rings is 2. The number of pyridine rings is 2. The Hall–Kier alpha value is -4.44. The summed E-state index contributed by atoms with van der Waals surface area (Å²) >= 11 is 0. The fraction of sp³-hybridized carbons (Fsp3) is 0.160. The number of nitrogens with one attached hydrogen (secondary N) is 3. The molecule has 5 aromatic heterocycles. The molecular weight excluding hydrogens is 445 g/mol. The number of hydrogen-bond acceptors (Lipinski definition) is 6. The number of rotatable bonds is 6. The van der Waals surface area contributed by atoms with E-state index in [-0.39, 0.29) is 5.52 Å². The van der Waals surface area contributed by atoms with Crippen molar-refractivity contribution in [3.05, 3.63) is 72.5 Å². The van der Waals surface area contributed by atoms with E-state index < -0.39 is 5.82 Å². The minimum Gasteiger partial charge on any atom is -0.336 e. The van der Waals surface area contributed by atoms with Crippen molar-refractivity contribution in [2.24, 2.45) is 0 Å². The van der Waals surface area contributed by atoms with E-state index in [1.165, 1.54) is 6.07 Å². The number of H-pyrrole nitrogens is 2. The van der Waals surface area contributed by atoms with Crippen LogP contribution in [0.3, 0.4) is 0 Å². The topological polar surface area (TPSA) is 113 Å². The lowest BCUT2D eigenvalue weighted by Gasteiger charge is -2.06. The Balaban J connectivity index is 1.47. The molecule has 3 N–H and O–H groups in total. The summed E-state index contributed by atoms with van der Waals surface area (Å²) in [6.45, 7) is 5.53. The van der Waals surface area contributed by atoms with E-state index in [0.717, 1.165) is 34.4 Å². The van der Waals surface area contributed by atoms with Crippen LogP contribution >= 0.6 is 0 Å². The van der Waals surface area contributed by atoms with Crippen molar-refractivity contribution in [1.29, 1.82) is 0 Å². The van der Waals surface area contributed by atoms with Gasteiger partial charge < -0.3 is 10.3 Å². The van der Waals surface area contributed by atoms with Gasteiger partial charge in [-0.25, -0.2) is 19.3 Å². The van der Waals surface area contributed by atoms with Crippen LogP contribution in [0.5, 0.6) is 0 Å². The molecule has 10 heteroatoms. The van der Waals surface area contributed by atoms with Gasteiger partial charge >= 0.3 is 0 Å². The zero-order valence-electron chi connectivity index (χ0n) is 19.2. The van der Waals surface area contributed by atoms with E-state index in [1.54, 1.807) is 18.7 Å². The van der Waals surface area contributed by atoms with Gasteiger partial charge in [-0.1, -0.05) is 6.92 Å². The van der Waals surface area contributed by atoms with Crippen LogP contribution in [-0.4, -0.2) is 46.2 Å². The first-order valence-corrected chi connectivity index (χ1v) is 11.3. The maximum absolute atomic E-state index is 15.1. The number of aromatic amines is 2. The van der Waals surface area contributed by atoms with E-state index in [1.807, 2.05) is 42.1 Å². The van der Waals surface area contributed by atoms with Crippen LogP contribution in [0, 0.1) is 12.7 Å². The first kappa shape index (κ1) is 21.1. The van der Waals surface area contributed by atoms with Gasteiger partial charge in [-0.2, -0.15) is 5.10 Å². The molecule has 0 aliphatic rings. The highest BCUT2D eigenvalue weighted by Gasteiger charge is 2.18. The van der Waals surface area contributed by atoms with E-state index in [9.17, 15) is 0 Å². The number of aromatic nitrogens is 8. The molecule has 6 aromatic rings. The van der Waals surface area contributed by atoms with Gasteiger partial charge in [0.15, 0.2) is 17.5 Å². The highest BCUT2D eigenvalue weighted by atomic mass is 19.1. The Morgan fingerprint density at radius 3 is 2.83 bits per heavy atom. The van der Waals surface area contributed by atoms with Crippen molar-refractivity contribution in [2.75, 3.05) is 6.54 Å². The molecule has 0 amide bonds. The van der Waals surface area contributed by atoms with Gasteiger partial charge in [-0.05, 0) is 48.9 Å². The van der Waals surface area contributed by atoms with Crippen LogP contribution < -0.4 is 5.32 Å². The summed E-state index contributed by atoms with van der Waals surface area (Å²) in [7, 11) is 0. The summed E-state index contributed by atoms with van der Waals surface area (Å²) in [5.41, 5.74) is 5.80. The Kier molecular flexibility index (Phi) is 5.07. The second-order valence-electron chi connectivity index (χ2n) is 8.35. The Labute approximate surface area is 199 Å². The molecule has 174 valence electrons. The van der Waals surface area contributed by atoms with Gasteiger partial charge in [0.25, 0.3) is 0 Å². The summed E-state index contributed by atoms with van der Waals surface area (Å²) in [6.07, 6.45) is 8.86. The predicted molar refractivity (Wildman–Crippen MR) is 131 cm³/mol. The number of hydrogen-bond donors (Lipinski definition) is 3. The minimum absolute atomic E-state index is 0.254. The molecule has 0 aliphatic heterocycles. The van der Waals surface area contributed by atoms with Crippen LogP contribution in [0.1, 0.15) is 18.2 Å². The SMILES string of the molecule is CCNCc1cncc(-c2cc(F)c3n[nH]c(-c4nc5c(-n6cnc(C)c6)nccc5[nH]4)c3c2)c1. The van der Waals surface area contributed by atoms with E-state index in [4.69, 9.17) is 4.98 Å². The third-order valence-electron chi connectivity index (χ3n) is 5.89. The van der Waals surface area contributed by atoms with Crippen molar-refractivity contribution >= 4 is 21.9 Å². The normalized spacial score (nSPS) is 11.6. The molecule has 0 unspecified atom stereocenters. The molecule has 35 heavy (non-hydrogen) atoms. The Bertz CT molecular complexity index is 1680. The largest absolute Gasteiger partial charge is 0.336 e. The van der Waals surface area contributed by atoms with Crippen molar-refractivity contribution in [3.8, 4) is 28.5 Å². The number of aryl methyl sites for hydroxylation is 1. The second kappa shape index (κ2) is 8.41. The van der Waals surface area contributed by atoms with Crippen LogP contribution in [-0.2, 0) is 6.54 Å². The molecule has 0 saturated heterocycles. The molecule has 1 aromatic carbocycles. The Morgan fingerprint density at radius 1 is 1.09 bits per heavy atom. The molecule has 6 rings (SSSR count). The molecule has 9 nitrogen and oxygen atoms in total. The van der Waals surface area contributed by atoms with E-state index in [0.29, 0.717) is 34.8 Å². The van der Waals surface area contributed by atoms with Crippen molar-refractivity contribution in [1.82, 2.24) is 45.0 Å². The number of benzene rings is 1. The Morgan fingerprint density at radius 2 is 2.00 bits per heavy atom. The van der Waals surface area contributed by atoms with Crippen LogP contribution in [0.25, 0.3) is 50.4 Å². The maximum atomic E-state index is 15.1. The van der Waals surface area contributed by atoms with Crippen molar-refractivity contribution in [3.63, 3.8) is 0 Å². The lowest BCUT2D eigenvalue weighted by atomic mass is 10.0. The maximum Gasteiger partial charge on any atom is 0.166 e. The van der Waals surface area contributed by atoms with Crippen LogP contribution in [0.2, 0.25) is 0 Å². The zero-order chi connectivity index (χ0) is 23.9. The lowest BCUT2D eigenvalue weighted by Crippen LogP contribution is -2.11. The fourth-order valence-electron chi connectivity index (χ4n) is 4.20. The summed E-state index contributed by atoms with van der Waals surface area (Å²) in [5, 5.41) is 11.1. The molecule has 0 radical (unpaired) electrons. The molecule has 5 heterocycles. The summed E-state index contributed by atoms with van der Waals surface area (Å²) < 4.78 is 16.9. The summed E-state index contributed by atoms with van der Waals surface area (Å²) in [6, 6.07) is 7.27. The van der Waals surface area contributed by atoms with Gasteiger partial charge in [-0.3, -0.25) is 14.6 Å². The van der Waals surface area contributed by atoms with E-state index in [2.05, 4.69) is 42.4 Å². The van der Waals surface area contributed by atoms with Crippen molar-refractivity contribution in [2.45, 2.75) is 20.4 Å². The second-order valence-corrected chi connectivity index (χ2v) is 8.35. The molecule has 0 saturated carbocycles. The first-order valence-electron chi connectivity index (χ1n) is 11.3. The molecule has 0 atom stereocenters. The average Bonchev–Trinajstić information content (AvgIpc) is 3.60. The predicted octanol–water partition coefficient (Wildman–Crippen LogP) is 4.31. The molecule has 0 aliphatic carbocycles. The minimum atomic E-state index is -0.413. The average molecular weight is 468 g/mol. The van der Waals surface area contributed by atoms with Gasteiger partial charge in [0.2, 0.25) is 0 Å². The quantitative estimate of drug-likeness (QED) is 0.337.